The van der Waals surface area contributed by atoms with Crippen LogP contribution < -0.4 is 10.6 Å². The van der Waals surface area contributed by atoms with Gasteiger partial charge in [0.2, 0.25) is 0 Å². The molecule has 2 atom stereocenters. The summed E-state index contributed by atoms with van der Waals surface area (Å²) < 4.78 is 5.19. The molecular weight excluding hydrogens is 224 g/mol. The molecule has 0 aliphatic carbocycles. The second-order valence-electron chi connectivity index (χ2n) is 4.26. The van der Waals surface area contributed by atoms with Gasteiger partial charge in [-0.15, -0.1) is 0 Å². The number of carbonyl (C=O) groups excluding carboxylic acids is 1. The van der Waals surface area contributed by atoms with Crippen molar-refractivity contribution in [1.82, 2.24) is 10.6 Å². The Morgan fingerprint density at radius 3 is 2.76 bits per heavy atom. The monoisotopic (exact) mass is 244 g/mol. The molecule has 1 heterocycles. The third kappa shape index (κ3) is 5.04. The Hall–Kier alpha value is -1.30. The lowest BCUT2D eigenvalue weighted by molar-refractivity contribution is -0.141. The van der Waals surface area contributed by atoms with Gasteiger partial charge in [0.1, 0.15) is 0 Å². The average molecular weight is 244 g/mol. The Labute approximate surface area is 101 Å². The first-order chi connectivity index (χ1) is 8.13. The molecule has 98 valence electrons. The van der Waals surface area contributed by atoms with Gasteiger partial charge in [-0.05, 0) is 12.8 Å². The summed E-state index contributed by atoms with van der Waals surface area (Å²) in [5, 5.41) is 14.1. The molecule has 0 aromatic rings. The predicted octanol–water partition coefficient (Wildman–Crippen LogP) is 0.433. The number of amides is 2. The van der Waals surface area contributed by atoms with Crippen LogP contribution in [0, 0.1) is 11.8 Å². The molecule has 0 aromatic heterocycles. The molecule has 0 aromatic carbocycles. The first-order valence-corrected chi connectivity index (χ1v) is 5.95. The van der Waals surface area contributed by atoms with Crippen LogP contribution >= 0.6 is 0 Å². The summed E-state index contributed by atoms with van der Waals surface area (Å²) in [7, 11) is 0. The summed E-state index contributed by atoms with van der Waals surface area (Å²) in [6.45, 7) is 3.97. The minimum Gasteiger partial charge on any atom is -0.481 e. The first-order valence-electron chi connectivity index (χ1n) is 5.95. The Kier molecular flexibility index (Phi) is 5.76. The molecule has 1 rings (SSSR count). The molecule has 0 radical (unpaired) electrons. The lowest BCUT2D eigenvalue weighted by Gasteiger charge is -2.13. The van der Waals surface area contributed by atoms with Crippen molar-refractivity contribution in [2.45, 2.75) is 19.8 Å². The number of ether oxygens (including phenoxy) is 1. The summed E-state index contributed by atoms with van der Waals surface area (Å²) in [4.78, 5) is 22.1. The smallest absolute Gasteiger partial charge is 0.314 e. The Bertz CT molecular complexity index is 264. The van der Waals surface area contributed by atoms with Crippen LogP contribution in [0.3, 0.4) is 0 Å². The molecule has 6 nitrogen and oxygen atoms in total. The normalized spacial score (nSPS) is 20.9. The van der Waals surface area contributed by atoms with Crippen molar-refractivity contribution in [1.29, 1.82) is 0 Å². The zero-order chi connectivity index (χ0) is 12.7. The van der Waals surface area contributed by atoms with Gasteiger partial charge in [0.25, 0.3) is 0 Å². The number of aliphatic carboxylic acids is 1. The number of rotatable bonds is 6. The molecule has 1 fully saturated rings. The van der Waals surface area contributed by atoms with Gasteiger partial charge in [-0.2, -0.15) is 0 Å². The number of carboxylic acid groups (broad SMARTS) is 1. The fraction of sp³-hybridized carbons (Fsp3) is 0.818. The van der Waals surface area contributed by atoms with Crippen molar-refractivity contribution in [3.05, 3.63) is 0 Å². The van der Waals surface area contributed by atoms with E-state index in [0.717, 1.165) is 13.0 Å². The number of hydrogen-bond acceptors (Lipinski definition) is 3. The van der Waals surface area contributed by atoms with E-state index in [9.17, 15) is 9.59 Å². The van der Waals surface area contributed by atoms with Crippen molar-refractivity contribution in [2.75, 3.05) is 26.3 Å². The largest absolute Gasteiger partial charge is 0.481 e. The van der Waals surface area contributed by atoms with Gasteiger partial charge < -0.3 is 20.5 Å². The lowest BCUT2D eigenvalue weighted by atomic mass is 10.1. The van der Waals surface area contributed by atoms with E-state index in [-0.39, 0.29) is 12.6 Å². The molecule has 6 heteroatoms. The van der Waals surface area contributed by atoms with E-state index in [4.69, 9.17) is 9.84 Å². The first kappa shape index (κ1) is 13.8. The molecule has 1 aliphatic heterocycles. The highest BCUT2D eigenvalue weighted by atomic mass is 16.5. The number of carbonyl (C=O) groups is 2. The second-order valence-corrected chi connectivity index (χ2v) is 4.26. The minimum absolute atomic E-state index is 0.166. The number of urea groups is 1. The fourth-order valence-electron chi connectivity index (χ4n) is 1.67. The molecular formula is C11H20N2O4. The molecule has 0 saturated carbocycles. The topological polar surface area (TPSA) is 87.7 Å². The maximum Gasteiger partial charge on any atom is 0.314 e. The highest BCUT2D eigenvalue weighted by Gasteiger charge is 2.18. The maximum absolute atomic E-state index is 11.4. The zero-order valence-corrected chi connectivity index (χ0v) is 10.1. The van der Waals surface area contributed by atoms with Crippen molar-refractivity contribution in [2.24, 2.45) is 11.8 Å². The van der Waals surface area contributed by atoms with E-state index in [1.165, 1.54) is 0 Å². The number of carboxylic acids is 1. The fourth-order valence-corrected chi connectivity index (χ4v) is 1.67. The van der Waals surface area contributed by atoms with Gasteiger partial charge in [-0.1, -0.05) is 6.92 Å². The van der Waals surface area contributed by atoms with Crippen LogP contribution in [-0.2, 0) is 9.53 Å². The van der Waals surface area contributed by atoms with Gasteiger partial charge in [-0.25, -0.2) is 4.79 Å². The summed E-state index contributed by atoms with van der Waals surface area (Å²) in [5.74, 6) is -1.02. The molecule has 1 aliphatic rings. The van der Waals surface area contributed by atoms with Crippen molar-refractivity contribution in [3.63, 3.8) is 0 Å². The van der Waals surface area contributed by atoms with Gasteiger partial charge in [0.05, 0.1) is 12.5 Å². The molecule has 2 unspecified atom stereocenters. The summed E-state index contributed by atoms with van der Waals surface area (Å²) in [6, 6.07) is -0.309. The van der Waals surface area contributed by atoms with E-state index in [2.05, 4.69) is 10.6 Å². The molecule has 1 saturated heterocycles. The van der Waals surface area contributed by atoms with E-state index in [1.54, 1.807) is 6.92 Å². The number of nitrogens with one attached hydrogen (secondary N) is 2. The van der Waals surface area contributed by atoms with Gasteiger partial charge in [-0.3, -0.25) is 4.79 Å². The number of hydrogen-bond donors (Lipinski definition) is 3. The van der Waals surface area contributed by atoms with Crippen molar-refractivity contribution >= 4 is 12.0 Å². The summed E-state index contributed by atoms with van der Waals surface area (Å²) >= 11 is 0. The van der Waals surface area contributed by atoms with Gasteiger partial charge >= 0.3 is 12.0 Å². The van der Waals surface area contributed by atoms with Crippen LogP contribution in [-0.4, -0.2) is 43.4 Å². The van der Waals surface area contributed by atoms with Crippen LogP contribution in [0.25, 0.3) is 0 Å². The summed E-state index contributed by atoms with van der Waals surface area (Å²) in [5.41, 5.74) is 0. The highest BCUT2D eigenvalue weighted by Crippen LogP contribution is 2.10. The van der Waals surface area contributed by atoms with E-state index in [0.29, 0.717) is 25.5 Å². The SMILES string of the molecule is CCC(CNC(=O)NCC1CCOC1)C(=O)O. The summed E-state index contributed by atoms with van der Waals surface area (Å²) in [6.07, 6.45) is 1.47. The predicted molar refractivity (Wildman–Crippen MR) is 61.7 cm³/mol. The van der Waals surface area contributed by atoms with Crippen LogP contribution in [0.1, 0.15) is 19.8 Å². The van der Waals surface area contributed by atoms with Crippen molar-refractivity contribution < 1.29 is 19.4 Å². The molecule has 3 N–H and O–H groups in total. The average Bonchev–Trinajstić information content (AvgIpc) is 2.79. The van der Waals surface area contributed by atoms with Gasteiger partial charge in [0, 0.05) is 25.6 Å². The van der Waals surface area contributed by atoms with E-state index >= 15 is 0 Å². The maximum atomic E-state index is 11.4. The van der Waals surface area contributed by atoms with Crippen LogP contribution in [0.5, 0.6) is 0 Å². The van der Waals surface area contributed by atoms with Crippen molar-refractivity contribution in [3.8, 4) is 0 Å². The second kappa shape index (κ2) is 7.11. The van der Waals surface area contributed by atoms with Crippen LogP contribution in [0.15, 0.2) is 0 Å². The van der Waals surface area contributed by atoms with Gasteiger partial charge in [0.15, 0.2) is 0 Å². The third-order valence-corrected chi connectivity index (χ3v) is 2.93. The van der Waals surface area contributed by atoms with Crippen LogP contribution in [0.2, 0.25) is 0 Å². The molecule has 17 heavy (non-hydrogen) atoms. The minimum atomic E-state index is -0.878. The Balaban J connectivity index is 2.13. The Morgan fingerprint density at radius 1 is 1.47 bits per heavy atom. The standard InChI is InChI=1S/C11H20N2O4/c1-2-9(10(14)15)6-13-11(16)12-5-8-3-4-17-7-8/h8-9H,2-7H2,1H3,(H,14,15)(H2,12,13,16). The van der Waals surface area contributed by atoms with E-state index in [1.807, 2.05) is 0 Å². The Morgan fingerprint density at radius 2 is 2.24 bits per heavy atom. The quantitative estimate of drug-likeness (QED) is 0.632. The van der Waals surface area contributed by atoms with Crippen LogP contribution in [0.4, 0.5) is 4.79 Å². The lowest BCUT2D eigenvalue weighted by Crippen LogP contribution is -2.41. The molecule has 2 amide bonds. The zero-order valence-electron chi connectivity index (χ0n) is 10.1. The molecule has 0 bridgehead atoms. The molecule has 0 spiro atoms. The highest BCUT2D eigenvalue weighted by molar-refractivity contribution is 5.75. The van der Waals surface area contributed by atoms with E-state index < -0.39 is 11.9 Å². The third-order valence-electron chi connectivity index (χ3n) is 2.93.